The molecule has 0 saturated carbocycles. The second-order valence-corrected chi connectivity index (χ2v) is 19.3. The van der Waals surface area contributed by atoms with Crippen molar-refractivity contribution >= 4 is 50.4 Å². The van der Waals surface area contributed by atoms with Crippen molar-refractivity contribution in [1.82, 2.24) is 4.57 Å². The van der Waals surface area contributed by atoms with E-state index in [4.69, 9.17) is 14.2 Å². The van der Waals surface area contributed by atoms with E-state index in [1.807, 2.05) is 0 Å². The summed E-state index contributed by atoms with van der Waals surface area (Å²) in [4.78, 5) is 1.20. The first-order valence-corrected chi connectivity index (χ1v) is 22.1. The molecule has 1 aromatic heterocycles. The molecule has 1 atom stereocenters. The molecule has 0 amide bonds. The van der Waals surface area contributed by atoms with E-state index in [0.717, 1.165) is 55.8 Å². The van der Waals surface area contributed by atoms with Crippen LogP contribution in [0.1, 0.15) is 74.9 Å². The summed E-state index contributed by atoms with van der Waals surface area (Å²) in [5.41, 5.74) is 14.3. The van der Waals surface area contributed by atoms with Crippen LogP contribution < -0.4 is 14.2 Å². The third-order valence-electron chi connectivity index (χ3n) is 13.0. The van der Waals surface area contributed by atoms with Gasteiger partial charge in [0.25, 0.3) is 0 Å². The maximum atomic E-state index is 7.63. The van der Waals surface area contributed by atoms with Gasteiger partial charge in [-0.25, -0.2) is 0 Å². The minimum absolute atomic E-state index is 0.0340. The molecule has 0 fully saturated rings. The number of ether oxygens (including phenoxy) is 3. The lowest BCUT2D eigenvalue weighted by Gasteiger charge is -2.37. The van der Waals surface area contributed by atoms with Gasteiger partial charge in [0.2, 0.25) is 0 Å². The van der Waals surface area contributed by atoms with Crippen molar-refractivity contribution in [3.05, 3.63) is 155 Å². The molecule has 2 aliphatic rings. The molecular weight excluding hydrogens is 755 g/mol. The van der Waals surface area contributed by atoms with Gasteiger partial charge in [-0.2, -0.15) is 0 Å². The maximum Gasteiger partial charge on any atom is 0.178 e. The fraction of sp³-hybridized carbons (Fsp3) is 0.236. The van der Waals surface area contributed by atoms with Crippen LogP contribution >= 0.6 is 11.8 Å². The summed E-state index contributed by atoms with van der Waals surface area (Å²) < 4.78 is 22.2. The molecule has 0 radical (unpaired) electrons. The molecule has 0 spiro atoms. The summed E-state index contributed by atoms with van der Waals surface area (Å²) in [6.07, 6.45) is 6.66. The lowest BCUT2D eigenvalue weighted by atomic mass is 9.82. The predicted molar refractivity (Wildman–Crippen MR) is 253 cm³/mol. The van der Waals surface area contributed by atoms with E-state index in [9.17, 15) is 0 Å². The zero-order valence-corrected chi connectivity index (χ0v) is 37.0. The average Bonchev–Trinajstić information content (AvgIpc) is 3.77. The third-order valence-corrected chi connectivity index (χ3v) is 13.7. The standard InChI is InChI=1S/C55H51NO3S/c1-32-39-27-28-55(34-17-23-38(60-10)24-18-34,59-51(39)44-31-47(57-8)52(58-9)50-41-14-12-11-13-40(41)48(32)49(44)50)33-15-21-37(22-16-33)56-45-25-19-35(53(2,3)4)29-42(45)43-30-36(54(5,6)7)20-26-46(43)56/h11-31H,1-10H3. The first-order valence-electron chi connectivity index (χ1n) is 20.9. The number of fused-ring (bicyclic) bond motifs is 8. The molecular formula is C55H51NO3S. The van der Waals surface area contributed by atoms with Crippen LogP contribution in [0, 0.1) is 6.92 Å². The largest absolute Gasteiger partial charge is 0.493 e. The van der Waals surface area contributed by atoms with Crippen LogP contribution in [0.4, 0.5) is 0 Å². The Morgan fingerprint density at radius 2 is 1.20 bits per heavy atom. The van der Waals surface area contributed by atoms with Crippen LogP contribution in [-0.4, -0.2) is 25.0 Å². The number of hydrogen-bond donors (Lipinski definition) is 0. The predicted octanol–water partition coefficient (Wildman–Crippen LogP) is 14.6. The molecule has 60 heavy (non-hydrogen) atoms. The Labute approximate surface area is 357 Å². The van der Waals surface area contributed by atoms with Gasteiger partial charge in [0.15, 0.2) is 17.1 Å². The molecule has 0 bridgehead atoms. The smallest absolute Gasteiger partial charge is 0.178 e. The highest BCUT2D eigenvalue weighted by Crippen LogP contribution is 2.60. The minimum atomic E-state index is -0.915. The quantitative estimate of drug-likeness (QED) is 0.157. The van der Waals surface area contributed by atoms with Crippen molar-refractivity contribution in [2.75, 3.05) is 20.5 Å². The molecule has 7 aromatic carbocycles. The van der Waals surface area contributed by atoms with Crippen LogP contribution in [0.15, 0.2) is 126 Å². The van der Waals surface area contributed by atoms with Crippen LogP contribution in [0.5, 0.6) is 17.2 Å². The molecule has 1 aliphatic carbocycles. The summed E-state index contributed by atoms with van der Waals surface area (Å²) in [6, 6.07) is 42.6. The monoisotopic (exact) mass is 805 g/mol. The third kappa shape index (κ3) is 5.58. The first-order chi connectivity index (χ1) is 28.8. The van der Waals surface area contributed by atoms with Gasteiger partial charge in [0.1, 0.15) is 5.75 Å². The number of hydrogen-bond acceptors (Lipinski definition) is 4. The van der Waals surface area contributed by atoms with Gasteiger partial charge in [-0.1, -0.05) is 108 Å². The maximum absolute atomic E-state index is 7.63. The number of thioether (sulfide) groups is 1. The Bertz CT molecular complexity index is 3010. The normalized spacial score (nSPS) is 15.7. The molecule has 10 rings (SSSR count). The lowest BCUT2D eigenvalue weighted by molar-refractivity contribution is 0.163. The number of aromatic nitrogens is 1. The molecule has 2 heterocycles. The first kappa shape index (κ1) is 38.3. The van der Waals surface area contributed by atoms with Gasteiger partial charge in [-0.15, -0.1) is 11.8 Å². The highest BCUT2D eigenvalue weighted by atomic mass is 32.2. The van der Waals surface area contributed by atoms with E-state index in [1.54, 1.807) is 26.0 Å². The van der Waals surface area contributed by atoms with Gasteiger partial charge in [-0.3, -0.25) is 0 Å². The molecule has 0 saturated heterocycles. The topological polar surface area (TPSA) is 32.6 Å². The molecule has 5 heteroatoms. The zero-order chi connectivity index (χ0) is 41.9. The molecule has 1 unspecified atom stereocenters. The summed E-state index contributed by atoms with van der Waals surface area (Å²) >= 11 is 1.74. The van der Waals surface area contributed by atoms with Crippen molar-refractivity contribution in [3.8, 4) is 45.2 Å². The Balaban J connectivity index is 1.18. The lowest BCUT2D eigenvalue weighted by Crippen LogP contribution is -2.34. The van der Waals surface area contributed by atoms with Gasteiger partial charge in [0, 0.05) is 54.4 Å². The SMILES string of the molecule is COc1cc2c3c(c(C)c4c2c(c1OC)-c1ccccc1-4)C=CC(c1ccc(SC)cc1)(c1ccc(-n2c4ccc(C(C)(C)C)cc4c4cc(C(C)(C)C)ccc42)cc1)O3. The highest BCUT2D eigenvalue weighted by molar-refractivity contribution is 7.98. The van der Waals surface area contributed by atoms with Gasteiger partial charge in [0.05, 0.1) is 25.3 Å². The van der Waals surface area contributed by atoms with Crippen molar-refractivity contribution in [3.63, 3.8) is 0 Å². The van der Waals surface area contributed by atoms with Gasteiger partial charge >= 0.3 is 0 Å². The van der Waals surface area contributed by atoms with E-state index >= 15 is 0 Å². The number of rotatable bonds is 6. The Morgan fingerprint density at radius 1 is 0.633 bits per heavy atom. The Morgan fingerprint density at radius 3 is 1.73 bits per heavy atom. The zero-order valence-electron chi connectivity index (χ0n) is 36.2. The minimum Gasteiger partial charge on any atom is -0.493 e. The Kier molecular flexibility index (Phi) is 8.65. The summed E-state index contributed by atoms with van der Waals surface area (Å²) in [7, 11) is 3.44. The van der Waals surface area contributed by atoms with Crippen molar-refractivity contribution < 1.29 is 14.2 Å². The van der Waals surface area contributed by atoms with Crippen molar-refractivity contribution in [2.24, 2.45) is 0 Å². The van der Waals surface area contributed by atoms with Crippen LogP contribution in [-0.2, 0) is 16.4 Å². The number of methoxy groups -OCH3 is 2. The van der Waals surface area contributed by atoms with Crippen LogP contribution in [0.3, 0.4) is 0 Å². The fourth-order valence-corrected chi connectivity index (χ4v) is 10.1. The van der Waals surface area contributed by atoms with E-state index in [1.165, 1.54) is 54.5 Å². The van der Waals surface area contributed by atoms with E-state index in [2.05, 4.69) is 187 Å². The molecule has 1 aliphatic heterocycles. The fourth-order valence-electron chi connectivity index (χ4n) is 9.70. The van der Waals surface area contributed by atoms with Crippen LogP contribution in [0.2, 0.25) is 0 Å². The van der Waals surface area contributed by atoms with Crippen LogP contribution in [0.25, 0.3) is 66.6 Å². The van der Waals surface area contributed by atoms with E-state index < -0.39 is 5.60 Å². The molecule has 8 aromatic rings. The second-order valence-electron chi connectivity index (χ2n) is 18.4. The summed E-state index contributed by atoms with van der Waals surface area (Å²) in [6.45, 7) is 16.0. The van der Waals surface area contributed by atoms with Crippen molar-refractivity contribution in [1.29, 1.82) is 0 Å². The number of nitrogens with zero attached hydrogens (tertiary/aromatic N) is 1. The van der Waals surface area contributed by atoms with E-state index in [-0.39, 0.29) is 10.8 Å². The molecule has 0 N–H and O–H groups in total. The van der Waals surface area contributed by atoms with Crippen molar-refractivity contribution in [2.45, 2.75) is 69.8 Å². The summed E-state index contributed by atoms with van der Waals surface area (Å²) in [5, 5.41) is 4.70. The highest BCUT2D eigenvalue weighted by Gasteiger charge is 2.41. The van der Waals surface area contributed by atoms with Gasteiger partial charge in [-0.05, 0) is 118 Å². The Hall–Kier alpha value is -5.91. The summed E-state index contributed by atoms with van der Waals surface area (Å²) in [5.74, 6) is 2.26. The molecule has 300 valence electrons. The average molecular weight is 806 g/mol. The molecule has 4 nitrogen and oxygen atoms in total. The van der Waals surface area contributed by atoms with Gasteiger partial charge < -0.3 is 18.8 Å². The second kappa shape index (κ2) is 13.6. The number of benzene rings is 7. The van der Waals surface area contributed by atoms with E-state index in [0.29, 0.717) is 5.75 Å².